The van der Waals surface area contributed by atoms with Gasteiger partial charge in [0.05, 0.1) is 31.6 Å². The lowest BCUT2D eigenvalue weighted by molar-refractivity contribution is 0.0599. The van der Waals surface area contributed by atoms with Crippen molar-refractivity contribution >= 4 is 18.2 Å². The zero-order valence-electron chi connectivity index (χ0n) is 11.4. The highest BCUT2D eigenvalue weighted by Crippen LogP contribution is 2.26. The van der Waals surface area contributed by atoms with E-state index in [1.165, 1.54) is 38.7 Å². The van der Waals surface area contributed by atoms with Gasteiger partial charge in [-0.2, -0.15) is 0 Å². The standard InChI is InChI=1S/C15H12O6/c1-19-14(17)10-5-9(6-11(7-10)15(18)20-2)12-3-4-21-13(12)8-16/h3-8H,1-2H3. The second kappa shape index (κ2) is 6.04. The maximum absolute atomic E-state index is 11.7. The summed E-state index contributed by atoms with van der Waals surface area (Å²) >= 11 is 0. The number of furan rings is 1. The average molecular weight is 288 g/mol. The molecule has 1 heterocycles. The smallest absolute Gasteiger partial charge is 0.337 e. The van der Waals surface area contributed by atoms with Crippen LogP contribution in [0.1, 0.15) is 31.3 Å². The predicted octanol–water partition coefficient (Wildman–Crippen LogP) is 2.33. The van der Waals surface area contributed by atoms with E-state index in [4.69, 9.17) is 4.42 Å². The molecule has 0 saturated carbocycles. The first-order chi connectivity index (χ1) is 10.1. The molecule has 0 fully saturated rings. The molecule has 21 heavy (non-hydrogen) atoms. The topological polar surface area (TPSA) is 82.8 Å². The van der Waals surface area contributed by atoms with Crippen LogP contribution in [0.15, 0.2) is 34.9 Å². The number of carbonyl (C=O) groups is 3. The highest BCUT2D eigenvalue weighted by molar-refractivity contribution is 5.98. The molecule has 0 saturated heterocycles. The van der Waals surface area contributed by atoms with Crippen molar-refractivity contribution in [2.24, 2.45) is 0 Å². The molecule has 0 radical (unpaired) electrons. The van der Waals surface area contributed by atoms with Gasteiger partial charge in [-0.1, -0.05) is 0 Å². The maximum Gasteiger partial charge on any atom is 0.337 e. The summed E-state index contributed by atoms with van der Waals surface area (Å²) in [6.07, 6.45) is 1.90. The first-order valence-electron chi connectivity index (χ1n) is 5.95. The van der Waals surface area contributed by atoms with Crippen molar-refractivity contribution in [2.75, 3.05) is 14.2 Å². The predicted molar refractivity (Wildman–Crippen MR) is 72.2 cm³/mol. The molecule has 0 spiro atoms. The number of hydrogen-bond acceptors (Lipinski definition) is 6. The summed E-state index contributed by atoms with van der Waals surface area (Å²) in [7, 11) is 2.48. The number of aldehydes is 1. The Hall–Kier alpha value is -2.89. The van der Waals surface area contributed by atoms with Crippen LogP contribution >= 0.6 is 0 Å². The summed E-state index contributed by atoms with van der Waals surface area (Å²) in [5.41, 5.74) is 1.30. The number of ether oxygens (including phenoxy) is 2. The third kappa shape index (κ3) is 2.84. The number of methoxy groups -OCH3 is 2. The summed E-state index contributed by atoms with van der Waals surface area (Å²) < 4.78 is 14.3. The van der Waals surface area contributed by atoms with Crippen LogP contribution < -0.4 is 0 Å². The van der Waals surface area contributed by atoms with E-state index in [-0.39, 0.29) is 16.9 Å². The van der Waals surface area contributed by atoms with Crippen LogP contribution in [0.5, 0.6) is 0 Å². The minimum absolute atomic E-state index is 0.104. The second-order valence-corrected chi connectivity index (χ2v) is 4.10. The molecule has 0 unspecified atom stereocenters. The van der Waals surface area contributed by atoms with Crippen molar-refractivity contribution < 1.29 is 28.3 Å². The van der Waals surface area contributed by atoms with Gasteiger partial charge in [-0.25, -0.2) is 9.59 Å². The molecule has 6 nitrogen and oxygen atoms in total. The molecule has 108 valence electrons. The van der Waals surface area contributed by atoms with Gasteiger partial charge in [0.25, 0.3) is 0 Å². The Morgan fingerprint density at radius 1 is 1.05 bits per heavy atom. The molecule has 2 aromatic rings. The van der Waals surface area contributed by atoms with Crippen LogP contribution in [0.2, 0.25) is 0 Å². The largest absolute Gasteiger partial charge is 0.465 e. The summed E-state index contributed by atoms with van der Waals surface area (Å²) in [6, 6.07) is 5.95. The van der Waals surface area contributed by atoms with Crippen LogP contribution in [0, 0.1) is 0 Å². The third-order valence-corrected chi connectivity index (χ3v) is 2.89. The minimum Gasteiger partial charge on any atom is -0.465 e. The zero-order valence-corrected chi connectivity index (χ0v) is 11.4. The number of rotatable bonds is 4. The summed E-state index contributed by atoms with van der Waals surface area (Å²) in [6.45, 7) is 0. The SMILES string of the molecule is COC(=O)c1cc(C(=O)OC)cc(-c2ccoc2C=O)c1. The molecule has 0 N–H and O–H groups in total. The molecule has 0 aliphatic heterocycles. The molecule has 2 rings (SSSR count). The van der Waals surface area contributed by atoms with E-state index in [0.29, 0.717) is 17.4 Å². The van der Waals surface area contributed by atoms with Gasteiger partial charge in [-0.3, -0.25) is 4.79 Å². The fraction of sp³-hybridized carbons (Fsp3) is 0.133. The van der Waals surface area contributed by atoms with Crippen LogP contribution in [0.3, 0.4) is 0 Å². The molecule has 0 aliphatic carbocycles. The van der Waals surface area contributed by atoms with Crippen molar-refractivity contribution in [1.82, 2.24) is 0 Å². The van der Waals surface area contributed by atoms with Gasteiger partial charge in [0, 0.05) is 5.56 Å². The molecule has 0 atom stereocenters. The van der Waals surface area contributed by atoms with E-state index in [9.17, 15) is 14.4 Å². The van der Waals surface area contributed by atoms with Crippen LogP contribution in [0.25, 0.3) is 11.1 Å². The van der Waals surface area contributed by atoms with Crippen molar-refractivity contribution in [2.45, 2.75) is 0 Å². The fourth-order valence-corrected chi connectivity index (χ4v) is 1.91. The van der Waals surface area contributed by atoms with Crippen LogP contribution in [-0.2, 0) is 9.47 Å². The Balaban J connectivity index is 2.62. The zero-order chi connectivity index (χ0) is 15.4. The van der Waals surface area contributed by atoms with Crippen molar-refractivity contribution in [3.8, 4) is 11.1 Å². The molecular weight excluding hydrogens is 276 g/mol. The first-order valence-corrected chi connectivity index (χ1v) is 5.95. The maximum atomic E-state index is 11.7. The summed E-state index contributed by atoms with van der Waals surface area (Å²) in [5, 5.41) is 0. The highest BCUT2D eigenvalue weighted by atomic mass is 16.5. The lowest BCUT2D eigenvalue weighted by atomic mass is 10.00. The quantitative estimate of drug-likeness (QED) is 0.634. The fourth-order valence-electron chi connectivity index (χ4n) is 1.91. The Kier molecular flexibility index (Phi) is 4.18. The number of esters is 2. The molecule has 0 aliphatic rings. The van der Waals surface area contributed by atoms with Crippen LogP contribution in [0.4, 0.5) is 0 Å². The Bertz CT molecular complexity index is 664. The number of hydrogen-bond donors (Lipinski definition) is 0. The van der Waals surface area contributed by atoms with E-state index in [2.05, 4.69) is 9.47 Å². The highest BCUT2D eigenvalue weighted by Gasteiger charge is 2.17. The minimum atomic E-state index is -0.599. The normalized spacial score (nSPS) is 10.0. The molecule has 1 aromatic carbocycles. The molecule has 0 bridgehead atoms. The Morgan fingerprint density at radius 3 is 2.10 bits per heavy atom. The van der Waals surface area contributed by atoms with E-state index >= 15 is 0 Å². The van der Waals surface area contributed by atoms with Gasteiger partial charge in [-0.15, -0.1) is 0 Å². The molecule has 1 aromatic heterocycles. The van der Waals surface area contributed by atoms with Gasteiger partial charge >= 0.3 is 11.9 Å². The monoisotopic (exact) mass is 288 g/mol. The van der Waals surface area contributed by atoms with E-state index in [0.717, 1.165) is 0 Å². The average Bonchev–Trinajstić information content (AvgIpc) is 3.01. The lowest BCUT2D eigenvalue weighted by Gasteiger charge is -2.07. The van der Waals surface area contributed by atoms with Crippen LogP contribution in [-0.4, -0.2) is 32.4 Å². The molecule has 0 amide bonds. The van der Waals surface area contributed by atoms with Gasteiger partial charge < -0.3 is 13.9 Å². The third-order valence-electron chi connectivity index (χ3n) is 2.89. The van der Waals surface area contributed by atoms with Gasteiger partial charge in [0.1, 0.15) is 0 Å². The number of carbonyl (C=O) groups excluding carboxylic acids is 3. The van der Waals surface area contributed by atoms with Gasteiger partial charge in [0.15, 0.2) is 12.0 Å². The van der Waals surface area contributed by atoms with Crippen molar-refractivity contribution in [1.29, 1.82) is 0 Å². The molecular formula is C15H12O6. The van der Waals surface area contributed by atoms with E-state index < -0.39 is 11.9 Å². The lowest BCUT2D eigenvalue weighted by Crippen LogP contribution is -2.07. The summed E-state index contributed by atoms with van der Waals surface area (Å²) in [5.74, 6) is -1.09. The first kappa shape index (κ1) is 14.5. The van der Waals surface area contributed by atoms with Crippen molar-refractivity contribution in [3.05, 3.63) is 47.4 Å². The Morgan fingerprint density at radius 2 is 1.62 bits per heavy atom. The second-order valence-electron chi connectivity index (χ2n) is 4.10. The molecule has 6 heteroatoms. The Labute approximate surface area is 120 Å². The van der Waals surface area contributed by atoms with Gasteiger partial charge in [0.2, 0.25) is 0 Å². The van der Waals surface area contributed by atoms with E-state index in [1.54, 1.807) is 6.07 Å². The van der Waals surface area contributed by atoms with Gasteiger partial charge in [-0.05, 0) is 29.8 Å². The van der Waals surface area contributed by atoms with E-state index in [1.807, 2.05) is 0 Å². The van der Waals surface area contributed by atoms with Crippen molar-refractivity contribution in [3.63, 3.8) is 0 Å². The number of benzene rings is 1. The summed E-state index contributed by atoms with van der Waals surface area (Å²) in [4.78, 5) is 34.3.